The molecule has 8 nitrogen and oxygen atoms in total. The first kappa shape index (κ1) is 19.9. The quantitative estimate of drug-likeness (QED) is 0.420. The molecule has 2 aromatic carbocycles. The number of hydrogen-bond donors (Lipinski definition) is 2. The van der Waals surface area contributed by atoms with E-state index >= 15 is 0 Å². The number of aromatic hydroxyl groups is 1. The van der Waals surface area contributed by atoms with Crippen LogP contribution in [0.3, 0.4) is 0 Å². The van der Waals surface area contributed by atoms with Crippen molar-refractivity contribution >= 4 is 17.8 Å². The van der Waals surface area contributed by atoms with Crippen molar-refractivity contribution in [3.05, 3.63) is 63.7 Å². The number of carbonyl (C=O) groups is 1. The summed E-state index contributed by atoms with van der Waals surface area (Å²) in [6.07, 6.45) is 2.29. The molecule has 0 heterocycles. The molecule has 0 aliphatic heterocycles. The molecule has 0 saturated heterocycles. The Morgan fingerprint density at radius 2 is 2.04 bits per heavy atom. The lowest BCUT2D eigenvalue weighted by molar-refractivity contribution is -0.385. The Hall–Kier alpha value is -3.42. The van der Waals surface area contributed by atoms with Crippen LogP contribution in [0.25, 0.3) is 0 Å². The minimum absolute atomic E-state index is 0.213. The van der Waals surface area contributed by atoms with Gasteiger partial charge >= 0.3 is 5.69 Å². The number of nitro benzene ring substituents is 1. The van der Waals surface area contributed by atoms with Crippen LogP contribution in [0.2, 0.25) is 0 Å². The molecule has 0 saturated carbocycles. The molecule has 0 aromatic heterocycles. The summed E-state index contributed by atoms with van der Waals surface area (Å²) in [5.74, 6) is 0.141. The molecule has 0 bridgehead atoms. The van der Waals surface area contributed by atoms with Crippen LogP contribution in [0.4, 0.5) is 5.69 Å². The van der Waals surface area contributed by atoms with E-state index in [9.17, 15) is 20.0 Å². The van der Waals surface area contributed by atoms with Gasteiger partial charge in [-0.25, -0.2) is 5.43 Å². The standard InChI is InChI=1S/C19H21N3O5/c1-3-13(2)15-5-7-16(8-6-15)27-12-19(24)21-20-11-14-4-9-18(23)17(10-14)22(25)26/h4-11,13,23H,3,12H2,1-2H3,(H,21,24). The Kier molecular flexibility index (Phi) is 6.87. The van der Waals surface area contributed by atoms with Crippen LogP contribution in [-0.4, -0.2) is 28.8 Å². The highest BCUT2D eigenvalue weighted by atomic mass is 16.6. The average molecular weight is 371 g/mol. The lowest BCUT2D eigenvalue weighted by atomic mass is 9.99. The minimum Gasteiger partial charge on any atom is -0.502 e. The van der Waals surface area contributed by atoms with E-state index in [1.165, 1.54) is 23.9 Å². The number of nitro groups is 1. The topological polar surface area (TPSA) is 114 Å². The number of phenols is 1. The van der Waals surface area contributed by atoms with Crippen LogP contribution in [0, 0.1) is 10.1 Å². The Morgan fingerprint density at radius 1 is 1.33 bits per heavy atom. The summed E-state index contributed by atoms with van der Waals surface area (Å²) in [6.45, 7) is 4.05. The van der Waals surface area contributed by atoms with Crippen LogP contribution < -0.4 is 10.2 Å². The third-order valence-electron chi connectivity index (χ3n) is 4.03. The maximum atomic E-state index is 11.8. The second-order valence-electron chi connectivity index (χ2n) is 5.97. The predicted octanol–water partition coefficient (Wildman–Crippen LogP) is 3.34. The van der Waals surface area contributed by atoms with Gasteiger partial charge in [-0.1, -0.05) is 26.0 Å². The van der Waals surface area contributed by atoms with Gasteiger partial charge in [-0.3, -0.25) is 14.9 Å². The summed E-state index contributed by atoms with van der Waals surface area (Å²) in [6, 6.07) is 11.3. The zero-order chi connectivity index (χ0) is 19.8. The molecule has 2 rings (SSSR count). The summed E-state index contributed by atoms with van der Waals surface area (Å²) >= 11 is 0. The lowest BCUT2D eigenvalue weighted by Crippen LogP contribution is -2.24. The number of hydrazone groups is 1. The molecule has 1 amide bonds. The molecule has 2 N–H and O–H groups in total. The van der Waals surface area contributed by atoms with Gasteiger partial charge in [0.2, 0.25) is 0 Å². The van der Waals surface area contributed by atoms with Crippen molar-refractivity contribution in [2.75, 3.05) is 6.61 Å². The van der Waals surface area contributed by atoms with Crippen LogP contribution in [0.1, 0.15) is 37.3 Å². The molecule has 8 heteroatoms. The third-order valence-corrected chi connectivity index (χ3v) is 4.03. The van der Waals surface area contributed by atoms with E-state index in [1.54, 1.807) is 0 Å². The van der Waals surface area contributed by atoms with Crippen LogP contribution in [0.5, 0.6) is 11.5 Å². The van der Waals surface area contributed by atoms with Crippen LogP contribution in [0.15, 0.2) is 47.6 Å². The largest absolute Gasteiger partial charge is 0.502 e. The summed E-state index contributed by atoms with van der Waals surface area (Å²) in [5.41, 5.74) is 3.41. The van der Waals surface area contributed by atoms with E-state index in [0.29, 0.717) is 17.2 Å². The molecule has 142 valence electrons. The number of amides is 1. The highest BCUT2D eigenvalue weighted by Gasteiger charge is 2.12. The van der Waals surface area contributed by atoms with Crippen LogP contribution in [-0.2, 0) is 4.79 Å². The molecule has 1 atom stereocenters. The smallest absolute Gasteiger partial charge is 0.311 e. The van der Waals surface area contributed by atoms with E-state index in [4.69, 9.17) is 4.74 Å². The number of rotatable bonds is 8. The molecule has 27 heavy (non-hydrogen) atoms. The number of nitrogens with zero attached hydrogens (tertiary/aromatic N) is 2. The number of ether oxygens (including phenoxy) is 1. The molecule has 0 aliphatic carbocycles. The molecule has 2 aromatic rings. The van der Waals surface area contributed by atoms with E-state index < -0.39 is 22.3 Å². The van der Waals surface area contributed by atoms with Gasteiger partial charge in [-0.15, -0.1) is 0 Å². The summed E-state index contributed by atoms with van der Waals surface area (Å²) in [4.78, 5) is 21.8. The Balaban J connectivity index is 1.85. The van der Waals surface area contributed by atoms with Gasteiger partial charge in [0, 0.05) is 11.6 Å². The minimum atomic E-state index is -0.703. The first-order valence-corrected chi connectivity index (χ1v) is 8.42. The Morgan fingerprint density at radius 3 is 2.67 bits per heavy atom. The summed E-state index contributed by atoms with van der Waals surface area (Å²) in [5, 5.41) is 23.9. The third kappa shape index (κ3) is 5.81. The van der Waals surface area contributed by atoms with Crippen molar-refractivity contribution in [2.24, 2.45) is 5.10 Å². The summed E-state index contributed by atoms with van der Waals surface area (Å²) < 4.78 is 5.40. The van der Waals surface area contributed by atoms with E-state index in [2.05, 4.69) is 24.4 Å². The van der Waals surface area contributed by atoms with Gasteiger partial charge < -0.3 is 9.84 Å². The molecular weight excluding hydrogens is 350 g/mol. The highest BCUT2D eigenvalue weighted by Crippen LogP contribution is 2.25. The van der Waals surface area contributed by atoms with E-state index in [-0.39, 0.29) is 6.61 Å². The monoisotopic (exact) mass is 371 g/mol. The van der Waals surface area contributed by atoms with Gasteiger partial charge in [0.15, 0.2) is 12.4 Å². The normalized spacial score (nSPS) is 11.9. The fourth-order valence-electron chi connectivity index (χ4n) is 2.26. The second kappa shape index (κ2) is 9.33. The van der Waals surface area contributed by atoms with Crippen molar-refractivity contribution in [3.63, 3.8) is 0 Å². The fraction of sp³-hybridized carbons (Fsp3) is 0.263. The number of nitrogens with one attached hydrogen (secondary N) is 1. The molecular formula is C19H21N3O5. The van der Waals surface area contributed by atoms with Gasteiger partial charge in [0.1, 0.15) is 5.75 Å². The Labute approximate surface area is 156 Å². The SMILES string of the molecule is CCC(C)c1ccc(OCC(=O)NN=Cc2ccc(O)c([N+](=O)[O-])c2)cc1. The van der Waals surface area contributed by atoms with Crippen molar-refractivity contribution < 1.29 is 19.6 Å². The summed E-state index contributed by atoms with van der Waals surface area (Å²) in [7, 11) is 0. The molecule has 0 radical (unpaired) electrons. The van der Waals surface area contributed by atoms with Crippen molar-refractivity contribution in [1.82, 2.24) is 5.43 Å². The number of phenolic OH excluding ortho intramolecular Hbond substituents is 1. The zero-order valence-corrected chi connectivity index (χ0v) is 15.1. The predicted molar refractivity (Wildman–Crippen MR) is 101 cm³/mol. The van der Waals surface area contributed by atoms with E-state index in [0.717, 1.165) is 12.5 Å². The molecule has 0 aliphatic rings. The number of benzene rings is 2. The lowest BCUT2D eigenvalue weighted by Gasteiger charge is -2.10. The second-order valence-corrected chi connectivity index (χ2v) is 5.97. The number of hydrogen-bond acceptors (Lipinski definition) is 6. The molecule has 1 unspecified atom stereocenters. The fourth-order valence-corrected chi connectivity index (χ4v) is 2.26. The first-order valence-electron chi connectivity index (χ1n) is 8.42. The maximum absolute atomic E-state index is 11.8. The van der Waals surface area contributed by atoms with Crippen molar-refractivity contribution in [3.8, 4) is 11.5 Å². The Bertz CT molecular complexity index is 834. The maximum Gasteiger partial charge on any atom is 0.311 e. The molecule has 0 spiro atoms. The van der Waals surface area contributed by atoms with Gasteiger partial charge in [0.25, 0.3) is 5.91 Å². The average Bonchev–Trinajstić information content (AvgIpc) is 2.67. The van der Waals surface area contributed by atoms with Crippen LogP contribution >= 0.6 is 0 Å². The van der Waals surface area contributed by atoms with Crippen molar-refractivity contribution in [2.45, 2.75) is 26.2 Å². The zero-order valence-electron chi connectivity index (χ0n) is 15.1. The van der Waals surface area contributed by atoms with Gasteiger partial charge in [-0.05, 0) is 42.2 Å². The number of carbonyl (C=O) groups excluding carboxylic acids is 1. The molecule has 0 fully saturated rings. The van der Waals surface area contributed by atoms with Crippen molar-refractivity contribution in [1.29, 1.82) is 0 Å². The van der Waals surface area contributed by atoms with Gasteiger partial charge in [-0.2, -0.15) is 5.10 Å². The highest BCUT2D eigenvalue weighted by molar-refractivity contribution is 5.84. The van der Waals surface area contributed by atoms with E-state index in [1.807, 2.05) is 24.3 Å². The van der Waals surface area contributed by atoms with Gasteiger partial charge in [0.05, 0.1) is 11.1 Å². The first-order chi connectivity index (χ1) is 12.9.